The van der Waals surface area contributed by atoms with Gasteiger partial charge in [-0.05, 0) is 38.1 Å². The topological polar surface area (TPSA) is 55.4 Å². The van der Waals surface area contributed by atoms with Gasteiger partial charge < -0.3 is 10.1 Å². The molecule has 4 nitrogen and oxygen atoms in total. The van der Waals surface area contributed by atoms with Gasteiger partial charge in [0.05, 0.1) is 18.1 Å². The van der Waals surface area contributed by atoms with Crippen molar-refractivity contribution in [2.24, 2.45) is 0 Å². The zero-order valence-electron chi connectivity index (χ0n) is 12.8. The number of nitrogens with one attached hydrogen (secondary N) is 1. The van der Waals surface area contributed by atoms with Crippen molar-refractivity contribution >= 4 is 23.1 Å². The number of ether oxygens (including phenoxy) is 1. The minimum absolute atomic E-state index is 0.140. The van der Waals surface area contributed by atoms with Crippen LogP contribution < -0.4 is 5.32 Å². The summed E-state index contributed by atoms with van der Waals surface area (Å²) >= 11 is 1.57. The molecule has 3 rings (SSSR count). The first-order chi connectivity index (χ1) is 10.6. The third kappa shape index (κ3) is 2.50. The average molecular weight is 317 g/mol. The van der Waals surface area contributed by atoms with E-state index in [9.17, 15) is 9.59 Å². The Kier molecular flexibility index (Phi) is 4.16. The molecule has 0 amide bonds. The van der Waals surface area contributed by atoms with Crippen molar-refractivity contribution in [3.8, 4) is 0 Å². The molecule has 0 bridgehead atoms. The summed E-state index contributed by atoms with van der Waals surface area (Å²) in [6.45, 7) is 4.00. The first-order valence-electron chi connectivity index (χ1n) is 7.58. The van der Waals surface area contributed by atoms with Gasteiger partial charge in [-0.25, -0.2) is 4.79 Å². The third-order valence-electron chi connectivity index (χ3n) is 4.10. The van der Waals surface area contributed by atoms with Crippen molar-refractivity contribution in [2.75, 3.05) is 6.61 Å². The van der Waals surface area contributed by atoms with Gasteiger partial charge in [0, 0.05) is 28.3 Å². The van der Waals surface area contributed by atoms with Crippen LogP contribution >= 0.6 is 11.3 Å². The number of carbonyl (C=O) groups is 2. The Morgan fingerprint density at radius 3 is 2.95 bits per heavy atom. The molecule has 5 heteroatoms. The van der Waals surface area contributed by atoms with E-state index in [-0.39, 0.29) is 17.7 Å². The number of ketones is 1. The van der Waals surface area contributed by atoms with Gasteiger partial charge in [0.1, 0.15) is 0 Å². The number of esters is 1. The van der Waals surface area contributed by atoms with Gasteiger partial charge in [0.25, 0.3) is 0 Å². The highest BCUT2D eigenvalue weighted by atomic mass is 32.1. The number of thiophene rings is 1. The first kappa shape index (κ1) is 15.0. The lowest BCUT2D eigenvalue weighted by molar-refractivity contribution is -0.138. The summed E-state index contributed by atoms with van der Waals surface area (Å²) in [6, 6.07) is 3.94. The molecule has 1 N–H and O–H groups in total. The van der Waals surface area contributed by atoms with E-state index in [1.54, 1.807) is 18.3 Å². The summed E-state index contributed by atoms with van der Waals surface area (Å²) in [5.74, 6) is -0.486. The van der Waals surface area contributed by atoms with Gasteiger partial charge in [0.2, 0.25) is 0 Å². The Morgan fingerprint density at radius 2 is 2.27 bits per heavy atom. The minimum atomic E-state index is -0.337. The first-order valence-corrected chi connectivity index (χ1v) is 8.46. The average Bonchev–Trinajstić information content (AvgIpc) is 3.00. The van der Waals surface area contributed by atoms with Crippen LogP contribution in [-0.4, -0.2) is 18.4 Å². The molecule has 0 aromatic carbocycles. The Labute approximate surface area is 133 Å². The molecular weight excluding hydrogens is 298 g/mol. The van der Waals surface area contributed by atoms with Crippen LogP contribution in [0.5, 0.6) is 0 Å². The molecule has 1 aromatic rings. The van der Waals surface area contributed by atoms with E-state index >= 15 is 0 Å². The Morgan fingerprint density at radius 1 is 1.45 bits per heavy atom. The van der Waals surface area contributed by atoms with Gasteiger partial charge >= 0.3 is 5.97 Å². The van der Waals surface area contributed by atoms with Gasteiger partial charge in [-0.2, -0.15) is 0 Å². The molecule has 0 saturated carbocycles. The highest BCUT2D eigenvalue weighted by Crippen LogP contribution is 2.43. The summed E-state index contributed by atoms with van der Waals surface area (Å²) in [5, 5.41) is 5.25. The Hall–Kier alpha value is -1.88. The minimum Gasteiger partial charge on any atom is -0.463 e. The highest BCUT2D eigenvalue weighted by molar-refractivity contribution is 7.10. The summed E-state index contributed by atoms with van der Waals surface area (Å²) in [6.07, 6.45) is 2.28. The van der Waals surface area contributed by atoms with Gasteiger partial charge in [-0.15, -0.1) is 11.3 Å². The van der Waals surface area contributed by atoms with Crippen molar-refractivity contribution in [2.45, 2.75) is 39.0 Å². The second-order valence-corrected chi connectivity index (χ2v) is 6.48. The van der Waals surface area contributed by atoms with E-state index in [4.69, 9.17) is 4.74 Å². The molecular formula is C17H19NO3S. The number of rotatable bonds is 3. The molecule has 0 radical (unpaired) electrons. The van der Waals surface area contributed by atoms with Gasteiger partial charge in [-0.1, -0.05) is 6.07 Å². The lowest BCUT2D eigenvalue weighted by atomic mass is 9.78. The standard InChI is InChI=1S/C17H19NO3S/c1-3-21-17(20)14-10(2)18-11-6-4-7-12(19)15(11)16(14)13-8-5-9-22-13/h5,8-9,16,18H,3-4,6-7H2,1-2H3/t16-/m1/s1. The number of Topliss-reactive ketones (excluding diaryl/α,β-unsaturated/α-hetero) is 1. The number of carbonyl (C=O) groups excluding carboxylic acids is 2. The molecule has 1 aliphatic heterocycles. The van der Waals surface area contributed by atoms with Crippen LogP contribution in [0, 0.1) is 0 Å². The van der Waals surface area contributed by atoms with Crippen LogP contribution in [0.4, 0.5) is 0 Å². The van der Waals surface area contributed by atoms with Crippen LogP contribution in [-0.2, 0) is 14.3 Å². The largest absolute Gasteiger partial charge is 0.463 e. The fourth-order valence-electron chi connectivity index (χ4n) is 3.20. The van der Waals surface area contributed by atoms with Crippen molar-refractivity contribution in [1.29, 1.82) is 0 Å². The fourth-order valence-corrected chi connectivity index (χ4v) is 4.05. The lowest BCUT2D eigenvalue weighted by Gasteiger charge is -2.33. The van der Waals surface area contributed by atoms with E-state index in [2.05, 4.69) is 5.32 Å². The molecule has 1 aliphatic carbocycles. The number of hydrogen-bond acceptors (Lipinski definition) is 5. The van der Waals surface area contributed by atoms with E-state index in [1.807, 2.05) is 24.4 Å². The molecule has 2 heterocycles. The predicted molar refractivity (Wildman–Crippen MR) is 85.4 cm³/mol. The van der Waals surface area contributed by atoms with E-state index in [0.29, 0.717) is 18.6 Å². The quantitative estimate of drug-likeness (QED) is 0.869. The molecule has 0 saturated heterocycles. The second-order valence-electron chi connectivity index (χ2n) is 5.50. The van der Waals surface area contributed by atoms with Gasteiger partial charge in [0.15, 0.2) is 5.78 Å². The second kappa shape index (κ2) is 6.08. The number of dihydropyridines is 1. The molecule has 22 heavy (non-hydrogen) atoms. The molecule has 1 atom stereocenters. The van der Waals surface area contributed by atoms with Crippen molar-refractivity contribution < 1.29 is 14.3 Å². The maximum absolute atomic E-state index is 12.5. The van der Waals surface area contributed by atoms with Crippen LogP contribution in [0.1, 0.15) is 43.9 Å². The predicted octanol–water partition coefficient (Wildman–Crippen LogP) is 3.28. The van der Waals surface area contributed by atoms with E-state index in [1.165, 1.54) is 0 Å². The molecule has 0 fully saturated rings. The van der Waals surface area contributed by atoms with Crippen LogP contribution in [0.25, 0.3) is 0 Å². The zero-order chi connectivity index (χ0) is 15.7. The normalized spacial score (nSPS) is 21.5. The summed E-state index contributed by atoms with van der Waals surface area (Å²) in [4.78, 5) is 26.0. The van der Waals surface area contributed by atoms with E-state index in [0.717, 1.165) is 34.7 Å². The van der Waals surface area contributed by atoms with E-state index < -0.39 is 0 Å². The smallest absolute Gasteiger partial charge is 0.336 e. The Balaban J connectivity index is 2.12. The van der Waals surface area contributed by atoms with Crippen molar-refractivity contribution in [3.63, 3.8) is 0 Å². The van der Waals surface area contributed by atoms with Crippen LogP contribution in [0.15, 0.2) is 40.1 Å². The molecule has 0 spiro atoms. The van der Waals surface area contributed by atoms with Crippen LogP contribution in [0.3, 0.4) is 0 Å². The highest BCUT2D eigenvalue weighted by Gasteiger charge is 2.39. The molecule has 2 aliphatic rings. The third-order valence-corrected chi connectivity index (χ3v) is 5.04. The maximum atomic E-state index is 12.5. The maximum Gasteiger partial charge on any atom is 0.336 e. The summed E-state index contributed by atoms with van der Waals surface area (Å²) in [5.41, 5.74) is 3.09. The van der Waals surface area contributed by atoms with Crippen molar-refractivity contribution in [3.05, 3.63) is 44.9 Å². The summed E-state index contributed by atoms with van der Waals surface area (Å²) in [7, 11) is 0. The summed E-state index contributed by atoms with van der Waals surface area (Å²) < 4.78 is 5.23. The van der Waals surface area contributed by atoms with Crippen LogP contribution in [0.2, 0.25) is 0 Å². The lowest BCUT2D eigenvalue weighted by Crippen LogP contribution is -2.34. The molecule has 1 aromatic heterocycles. The van der Waals surface area contributed by atoms with Gasteiger partial charge in [-0.3, -0.25) is 4.79 Å². The molecule has 0 unspecified atom stereocenters. The van der Waals surface area contributed by atoms with Crippen molar-refractivity contribution in [1.82, 2.24) is 5.32 Å². The fraction of sp³-hybridized carbons (Fsp3) is 0.412. The number of hydrogen-bond donors (Lipinski definition) is 1. The SMILES string of the molecule is CCOC(=O)C1=C(C)NC2=C(C(=O)CCC2)[C@@H]1c1cccs1. The Bertz CT molecular complexity index is 670. The zero-order valence-corrected chi connectivity index (χ0v) is 13.6. The number of allylic oxidation sites excluding steroid dienone is 3. The molecule has 116 valence electrons. The monoisotopic (exact) mass is 317 g/mol.